The van der Waals surface area contributed by atoms with Crippen LogP contribution in [0.1, 0.15) is 49.0 Å². The molecule has 2 aromatic rings. The van der Waals surface area contributed by atoms with Gasteiger partial charge in [0.25, 0.3) is 15.9 Å². The van der Waals surface area contributed by atoms with Gasteiger partial charge in [0.05, 0.1) is 16.1 Å². The van der Waals surface area contributed by atoms with Crippen LogP contribution in [0.3, 0.4) is 0 Å². The molecular weight excluding hydrogens is 426 g/mol. The Bertz CT molecular complexity index is 1060. The Morgan fingerprint density at radius 3 is 2.28 bits per heavy atom. The van der Waals surface area contributed by atoms with Gasteiger partial charge in [0.1, 0.15) is 0 Å². The van der Waals surface area contributed by atoms with Gasteiger partial charge in [-0.05, 0) is 61.4 Å². The predicted octanol–water partition coefficient (Wildman–Crippen LogP) is 3.41. The Hall–Kier alpha value is -2.87. The van der Waals surface area contributed by atoms with Crippen LogP contribution in [0.5, 0.6) is 0 Å². The number of nitrogens with one attached hydrogen (secondary N) is 1. The van der Waals surface area contributed by atoms with Crippen LogP contribution in [-0.2, 0) is 21.2 Å². The molecule has 1 aliphatic rings. The van der Waals surface area contributed by atoms with E-state index in [0.29, 0.717) is 31.8 Å². The second-order valence-corrected chi connectivity index (χ2v) is 10.4. The zero-order valence-electron chi connectivity index (χ0n) is 18.6. The van der Waals surface area contributed by atoms with Gasteiger partial charge in [-0.2, -0.15) is 0 Å². The predicted molar refractivity (Wildman–Crippen MR) is 125 cm³/mol. The maximum absolute atomic E-state index is 13.1. The maximum atomic E-state index is 13.1. The lowest BCUT2D eigenvalue weighted by atomic mass is 9.96. The van der Waals surface area contributed by atoms with Crippen molar-refractivity contribution in [2.24, 2.45) is 17.6 Å². The molecule has 0 saturated carbocycles. The summed E-state index contributed by atoms with van der Waals surface area (Å²) < 4.78 is 28.5. The molecule has 172 valence electrons. The van der Waals surface area contributed by atoms with Crippen molar-refractivity contribution in [3.05, 3.63) is 59.7 Å². The van der Waals surface area contributed by atoms with Gasteiger partial charge in [-0.1, -0.05) is 38.1 Å². The van der Waals surface area contributed by atoms with Crippen molar-refractivity contribution in [2.75, 3.05) is 17.8 Å². The summed E-state index contributed by atoms with van der Waals surface area (Å²) in [6.07, 6.45) is 2.96. The van der Waals surface area contributed by atoms with Gasteiger partial charge < -0.3 is 10.6 Å². The van der Waals surface area contributed by atoms with Gasteiger partial charge in [-0.3, -0.25) is 14.3 Å². The molecule has 1 aliphatic heterocycles. The molecule has 0 bridgehead atoms. The van der Waals surface area contributed by atoms with Gasteiger partial charge in [0.2, 0.25) is 5.91 Å². The number of likely N-dealkylation sites (tertiary alicyclic amines) is 1. The number of rotatable bonds is 8. The van der Waals surface area contributed by atoms with E-state index in [4.69, 9.17) is 5.73 Å². The lowest BCUT2D eigenvalue weighted by Gasteiger charge is -2.31. The van der Waals surface area contributed by atoms with Crippen LogP contribution in [-0.4, -0.2) is 38.2 Å². The first-order chi connectivity index (χ1) is 15.2. The molecule has 7 nitrogen and oxygen atoms in total. The Kier molecular flexibility index (Phi) is 7.56. The number of sulfonamides is 1. The molecule has 3 rings (SSSR count). The molecule has 0 aliphatic carbocycles. The number of carbonyl (C=O) groups excluding carboxylic acids is 2. The van der Waals surface area contributed by atoms with E-state index in [2.05, 4.69) is 18.6 Å². The summed E-state index contributed by atoms with van der Waals surface area (Å²) in [6, 6.07) is 13.4. The molecule has 32 heavy (non-hydrogen) atoms. The first kappa shape index (κ1) is 23.8. The zero-order chi connectivity index (χ0) is 23.3. The number of amides is 2. The van der Waals surface area contributed by atoms with Gasteiger partial charge in [0, 0.05) is 19.0 Å². The van der Waals surface area contributed by atoms with Crippen LogP contribution in [0.4, 0.5) is 5.69 Å². The summed E-state index contributed by atoms with van der Waals surface area (Å²) in [4.78, 5) is 26.2. The molecule has 3 N–H and O–H groups in total. The van der Waals surface area contributed by atoms with Gasteiger partial charge >= 0.3 is 0 Å². The smallest absolute Gasteiger partial charge is 0.261 e. The zero-order valence-corrected chi connectivity index (χ0v) is 19.4. The van der Waals surface area contributed by atoms with Crippen molar-refractivity contribution in [3.63, 3.8) is 0 Å². The number of para-hydroxylation sites is 1. The van der Waals surface area contributed by atoms with E-state index in [-0.39, 0.29) is 33.9 Å². The molecule has 0 atom stereocenters. The van der Waals surface area contributed by atoms with Gasteiger partial charge in [-0.25, -0.2) is 8.42 Å². The molecule has 8 heteroatoms. The highest BCUT2D eigenvalue weighted by Gasteiger charge is 2.28. The fraction of sp³-hybridized carbons (Fsp3) is 0.417. The summed E-state index contributed by atoms with van der Waals surface area (Å²) in [5, 5.41) is 0. The summed E-state index contributed by atoms with van der Waals surface area (Å²) in [7, 11) is -3.85. The normalized spacial score (nSPS) is 15.0. The molecule has 1 fully saturated rings. The van der Waals surface area contributed by atoms with Gasteiger partial charge in [0.15, 0.2) is 0 Å². The molecule has 0 radical (unpaired) electrons. The second-order valence-electron chi connectivity index (χ2n) is 8.70. The molecule has 1 heterocycles. The Balaban J connectivity index is 1.74. The van der Waals surface area contributed by atoms with Crippen molar-refractivity contribution in [1.29, 1.82) is 0 Å². The molecule has 0 aromatic heterocycles. The number of carbonyl (C=O) groups is 2. The number of anilines is 1. The van der Waals surface area contributed by atoms with E-state index in [1.807, 2.05) is 12.1 Å². The van der Waals surface area contributed by atoms with E-state index < -0.39 is 10.0 Å². The highest BCUT2D eigenvalue weighted by atomic mass is 32.2. The lowest BCUT2D eigenvalue weighted by molar-refractivity contribution is -0.123. The first-order valence-corrected chi connectivity index (χ1v) is 12.4. The highest BCUT2D eigenvalue weighted by molar-refractivity contribution is 7.92. The number of primary amides is 1. The summed E-state index contributed by atoms with van der Waals surface area (Å²) in [5.41, 5.74) is 6.97. The Morgan fingerprint density at radius 2 is 1.69 bits per heavy atom. The average Bonchev–Trinajstić information content (AvgIpc) is 2.77. The molecular formula is C24H31N3O4S. The summed E-state index contributed by atoms with van der Waals surface area (Å²) >= 11 is 0. The van der Waals surface area contributed by atoms with Crippen LogP contribution in [0, 0.1) is 11.8 Å². The van der Waals surface area contributed by atoms with Crippen LogP contribution in [0.25, 0.3) is 0 Å². The molecule has 0 spiro atoms. The fourth-order valence-corrected chi connectivity index (χ4v) is 4.87. The van der Waals surface area contributed by atoms with E-state index >= 15 is 0 Å². The van der Waals surface area contributed by atoms with E-state index in [1.54, 1.807) is 41.3 Å². The minimum atomic E-state index is -3.85. The molecule has 1 saturated heterocycles. The summed E-state index contributed by atoms with van der Waals surface area (Å²) in [6.45, 7) is 5.12. The van der Waals surface area contributed by atoms with Crippen molar-refractivity contribution >= 4 is 27.5 Å². The minimum absolute atomic E-state index is 0.148. The quantitative estimate of drug-likeness (QED) is 0.633. The lowest BCUT2D eigenvalue weighted by Crippen LogP contribution is -2.42. The largest absolute Gasteiger partial charge is 0.369 e. The van der Waals surface area contributed by atoms with Crippen molar-refractivity contribution in [3.8, 4) is 0 Å². The number of hydrogen-bond donors (Lipinski definition) is 2. The van der Waals surface area contributed by atoms with Crippen LogP contribution in [0.15, 0.2) is 53.4 Å². The standard InChI is InChI=1S/C24H31N3O4S/c1-17(2)7-8-18-9-11-20(12-10-18)32(30,31)26-22-6-4-3-5-21(22)24(29)27-15-13-19(14-16-27)23(25)28/h3-6,9-12,17,19,26H,7-8,13-16H2,1-2H3,(H2,25,28). The first-order valence-electron chi connectivity index (χ1n) is 11.0. The minimum Gasteiger partial charge on any atom is -0.369 e. The van der Waals surface area contributed by atoms with E-state index in [1.165, 1.54) is 0 Å². The summed E-state index contributed by atoms with van der Waals surface area (Å²) in [5.74, 6) is -0.261. The maximum Gasteiger partial charge on any atom is 0.261 e. The van der Waals surface area contributed by atoms with Crippen molar-refractivity contribution in [1.82, 2.24) is 4.90 Å². The van der Waals surface area contributed by atoms with Crippen LogP contribution >= 0.6 is 0 Å². The fourth-order valence-electron chi connectivity index (χ4n) is 3.79. The van der Waals surface area contributed by atoms with Crippen molar-refractivity contribution in [2.45, 2.75) is 44.4 Å². The van der Waals surface area contributed by atoms with E-state index in [0.717, 1.165) is 18.4 Å². The topological polar surface area (TPSA) is 110 Å². The number of nitrogens with zero attached hydrogens (tertiary/aromatic N) is 1. The van der Waals surface area contributed by atoms with Crippen LogP contribution in [0.2, 0.25) is 0 Å². The number of aryl methyl sites for hydroxylation is 1. The molecule has 0 unspecified atom stereocenters. The number of nitrogens with two attached hydrogens (primary N) is 1. The Morgan fingerprint density at radius 1 is 1.06 bits per heavy atom. The van der Waals surface area contributed by atoms with Gasteiger partial charge in [-0.15, -0.1) is 0 Å². The molecule has 2 amide bonds. The number of piperidine rings is 1. The third-order valence-electron chi connectivity index (χ3n) is 5.83. The van der Waals surface area contributed by atoms with E-state index in [9.17, 15) is 18.0 Å². The Labute approximate surface area is 190 Å². The van der Waals surface area contributed by atoms with Crippen molar-refractivity contribution < 1.29 is 18.0 Å². The number of benzene rings is 2. The second kappa shape index (κ2) is 10.2. The molecule has 2 aromatic carbocycles. The monoisotopic (exact) mass is 457 g/mol. The van der Waals surface area contributed by atoms with Crippen LogP contribution < -0.4 is 10.5 Å². The number of hydrogen-bond acceptors (Lipinski definition) is 4. The highest BCUT2D eigenvalue weighted by Crippen LogP contribution is 2.25. The average molecular weight is 458 g/mol. The third kappa shape index (κ3) is 5.88. The SMILES string of the molecule is CC(C)CCc1ccc(S(=O)(=O)Nc2ccccc2C(=O)N2CCC(C(N)=O)CC2)cc1. The third-order valence-corrected chi connectivity index (χ3v) is 7.21.